The summed E-state index contributed by atoms with van der Waals surface area (Å²) in [5, 5.41) is 15.0. The summed E-state index contributed by atoms with van der Waals surface area (Å²) in [5.41, 5.74) is 7.41. The number of benzene rings is 4. The Morgan fingerprint density at radius 1 is 0.542 bits per heavy atom. The highest BCUT2D eigenvalue weighted by molar-refractivity contribution is 6.44. The molecule has 0 nitrogen and oxygen atoms in total. The van der Waals surface area contributed by atoms with E-state index in [1.165, 1.54) is 59.8 Å². The van der Waals surface area contributed by atoms with Crippen LogP contribution in [0.25, 0.3) is 53.9 Å². The largest absolute Gasteiger partial charge is 0.0545 e. The molecule has 0 saturated carbocycles. The first-order valence-electron chi connectivity index (χ1n) is 8.84. The van der Waals surface area contributed by atoms with Crippen LogP contribution in [-0.4, -0.2) is 0 Å². The highest BCUT2D eigenvalue weighted by atomic mass is 14.3. The lowest BCUT2D eigenvalue weighted by Crippen LogP contribution is -1.86. The van der Waals surface area contributed by atoms with Crippen molar-refractivity contribution in [3.05, 3.63) is 58.1 Å². The molecule has 0 radical (unpaired) electrons. The lowest BCUT2D eigenvalue weighted by atomic mass is 9.92. The Balaban J connectivity index is 2.07. The summed E-state index contributed by atoms with van der Waals surface area (Å²) in [6, 6.07) is 12.1. The van der Waals surface area contributed by atoms with Crippen LogP contribution in [0.5, 0.6) is 0 Å². The topological polar surface area (TPSA) is 0 Å². The minimum absolute atomic E-state index is 1.11. The molecule has 0 aliphatic heterocycles. The number of rotatable bonds is 0. The van der Waals surface area contributed by atoms with E-state index in [2.05, 4.69) is 51.1 Å². The highest BCUT2D eigenvalue weighted by Crippen LogP contribution is 2.53. The van der Waals surface area contributed by atoms with Gasteiger partial charge in [0, 0.05) is 0 Å². The second-order valence-electron chi connectivity index (χ2n) is 7.94. The van der Waals surface area contributed by atoms with Gasteiger partial charge in [-0.3, -0.25) is 0 Å². The van der Waals surface area contributed by atoms with Crippen molar-refractivity contribution in [1.82, 2.24) is 0 Å². The van der Waals surface area contributed by atoms with Crippen LogP contribution in [0.4, 0.5) is 0 Å². The fourth-order valence-corrected chi connectivity index (χ4v) is 5.74. The molecule has 0 bridgehead atoms. The third-order valence-corrected chi connectivity index (χ3v) is 6.67. The molecule has 1 aliphatic carbocycles. The SMILES string of the molecule is Cc1cc2cc3c(C)cc4cc5c(C)cc6c7c(c1C6)c2c3c4c57. The third kappa shape index (κ3) is 0.991. The molecule has 0 saturated heterocycles. The smallest absolute Gasteiger partial charge is 0.00103 e. The molecule has 7 rings (SSSR count). The fraction of sp³-hybridized carbons (Fsp3) is 0.167. The van der Waals surface area contributed by atoms with E-state index in [0.29, 0.717) is 0 Å². The van der Waals surface area contributed by atoms with Crippen molar-refractivity contribution < 1.29 is 0 Å². The van der Waals surface area contributed by atoms with E-state index in [1.807, 2.05) is 0 Å². The van der Waals surface area contributed by atoms with Gasteiger partial charge in [0.05, 0.1) is 0 Å². The maximum atomic E-state index is 2.44. The first-order chi connectivity index (χ1) is 11.6. The van der Waals surface area contributed by atoms with Gasteiger partial charge in [-0.15, -0.1) is 0 Å². The van der Waals surface area contributed by atoms with Gasteiger partial charge < -0.3 is 0 Å². The molecule has 6 aromatic rings. The Kier molecular flexibility index (Phi) is 1.62. The molecule has 0 fully saturated rings. The maximum absolute atomic E-state index is 2.44. The van der Waals surface area contributed by atoms with E-state index in [-0.39, 0.29) is 0 Å². The van der Waals surface area contributed by atoms with E-state index in [1.54, 1.807) is 21.9 Å². The van der Waals surface area contributed by atoms with Crippen LogP contribution in [0.2, 0.25) is 0 Å². The fourth-order valence-electron chi connectivity index (χ4n) is 5.74. The first kappa shape index (κ1) is 11.9. The number of aryl methyl sites for hydroxylation is 3. The van der Waals surface area contributed by atoms with E-state index in [9.17, 15) is 0 Å². The first-order valence-corrected chi connectivity index (χ1v) is 8.84. The van der Waals surface area contributed by atoms with Gasteiger partial charge in [0.25, 0.3) is 0 Å². The van der Waals surface area contributed by atoms with Crippen LogP contribution >= 0.6 is 0 Å². The van der Waals surface area contributed by atoms with Gasteiger partial charge in [-0.2, -0.15) is 0 Å². The summed E-state index contributed by atoms with van der Waals surface area (Å²) >= 11 is 0. The van der Waals surface area contributed by atoms with E-state index in [4.69, 9.17) is 0 Å². The predicted molar refractivity (Wildman–Crippen MR) is 105 cm³/mol. The lowest BCUT2D eigenvalue weighted by molar-refractivity contribution is 1.22. The van der Waals surface area contributed by atoms with E-state index < -0.39 is 0 Å². The van der Waals surface area contributed by atoms with Gasteiger partial charge in [0.15, 0.2) is 0 Å². The molecule has 0 N–H and O–H groups in total. The molecule has 112 valence electrons. The molecule has 1 aliphatic rings. The zero-order valence-electron chi connectivity index (χ0n) is 14.1. The predicted octanol–water partition coefficient (Wildman–Crippen LogP) is 6.60. The monoisotopic (exact) mass is 304 g/mol. The van der Waals surface area contributed by atoms with Gasteiger partial charge >= 0.3 is 0 Å². The third-order valence-electron chi connectivity index (χ3n) is 6.67. The van der Waals surface area contributed by atoms with Gasteiger partial charge in [0.2, 0.25) is 0 Å². The number of hydrogen-bond acceptors (Lipinski definition) is 0. The van der Waals surface area contributed by atoms with Crippen LogP contribution in [0, 0.1) is 20.8 Å². The molecule has 0 heteroatoms. The molecule has 6 aromatic carbocycles. The van der Waals surface area contributed by atoms with Crippen molar-refractivity contribution in [2.75, 3.05) is 0 Å². The summed E-state index contributed by atoms with van der Waals surface area (Å²) in [4.78, 5) is 0. The van der Waals surface area contributed by atoms with Crippen LogP contribution in [0.15, 0.2) is 30.3 Å². The van der Waals surface area contributed by atoms with E-state index >= 15 is 0 Å². The molecule has 0 unspecified atom stereocenters. The molecule has 24 heavy (non-hydrogen) atoms. The maximum Gasteiger partial charge on any atom is -0.00103 e. The van der Waals surface area contributed by atoms with Crippen LogP contribution in [0.3, 0.4) is 0 Å². The summed E-state index contributed by atoms with van der Waals surface area (Å²) < 4.78 is 0. The Morgan fingerprint density at radius 3 is 1.88 bits per heavy atom. The van der Waals surface area contributed by atoms with Gasteiger partial charge in [-0.25, -0.2) is 0 Å². The summed E-state index contributed by atoms with van der Waals surface area (Å²) in [6.07, 6.45) is 1.11. The van der Waals surface area contributed by atoms with Crippen molar-refractivity contribution in [2.24, 2.45) is 0 Å². The van der Waals surface area contributed by atoms with Crippen molar-refractivity contribution in [1.29, 1.82) is 0 Å². The van der Waals surface area contributed by atoms with Crippen molar-refractivity contribution in [3.8, 4) is 0 Å². The second-order valence-corrected chi connectivity index (χ2v) is 7.94. The summed E-state index contributed by atoms with van der Waals surface area (Å²) in [6.45, 7) is 6.85. The van der Waals surface area contributed by atoms with Crippen molar-refractivity contribution in [2.45, 2.75) is 27.2 Å². The quantitative estimate of drug-likeness (QED) is 0.277. The lowest BCUT2D eigenvalue weighted by Gasteiger charge is -2.11. The van der Waals surface area contributed by atoms with Crippen molar-refractivity contribution >= 4 is 53.9 Å². The standard InChI is InChI=1S/C24H16/c1-10-4-13-8-17-12(3)6-15-9-18-11(2)5-14-7-16(10)22-19(13)23(17)21(15)24(18)20(14)22/h4-8H,9H2,1-3H3. The van der Waals surface area contributed by atoms with Crippen molar-refractivity contribution in [3.63, 3.8) is 0 Å². The molecule has 0 amide bonds. The molecule has 0 heterocycles. The Bertz CT molecular complexity index is 1480. The zero-order valence-corrected chi connectivity index (χ0v) is 14.1. The Labute approximate surface area is 139 Å². The zero-order chi connectivity index (χ0) is 15.9. The second kappa shape index (κ2) is 3.28. The minimum atomic E-state index is 1.11. The molecular formula is C24H16. The van der Waals surface area contributed by atoms with Gasteiger partial charge in [0.1, 0.15) is 0 Å². The molecule has 0 atom stereocenters. The van der Waals surface area contributed by atoms with Gasteiger partial charge in [-0.05, 0) is 121 Å². The summed E-state index contributed by atoms with van der Waals surface area (Å²) in [7, 11) is 0. The van der Waals surface area contributed by atoms with Crippen LogP contribution in [0.1, 0.15) is 27.8 Å². The van der Waals surface area contributed by atoms with Crippen LogP contribution < -0.4 is 0 Å². The Hall–Kier alpha value is -2.60. The highest BCUT2D eigenvalue weighted by Gasteiger charge is 2.28. The Morgan fingerprint density at radius 2 is 1.12 bits per heavy atom. The average molecular weight is 304 g/mol. The minimum Gasteiger partial charge on any atom is -0.0545 e. The van der Waals surface area contributed by atoms with E-state index in [0.717, 1.165) is 6.42 Å². The molecular weight excluding hydrogens is 288 g/mol. The summed E-state index contributed by atoms with van der Waals surface area (Å²) in [5.74, 6) is 0. The van der Waals surface area contributed by atoms with Crippen LogP contribution in [-0.2, 0) is 6.42 Å². The normalized spacial score (nSPS) is 14.3. The van der Waals surface area contributed by atoms with Gasteiger partial charge in [-0.1, -0.05) is 18.2 Å². The number of hydrogen-bond donors (Lipinski definition) is 0. The molecule has 0 aromatic heterocycles. The average Bonchev–Trinajstić information content (AvgIpc) is 3.18. The molecule has 0 spiro atoms.